The fourth-order valence-electron chi connectivity index (χ4n) is 2.09. The molecule has 0 amide bonds. The topological polar surface area (TPSA) is 56.7 Å². The smallest absolute Gasteiger partial charge is 0.130 e. The van der Waals surface area contributed by atoms with Crippen molar-refractivity contribution in [2.45, 2.75) is 13.8 Å². The molecule has 0 unspecified atom stereocenters. The van der Waals surface area contributed by atoms with Crippen LogP contribution in [0, 0.1) is 17.4 Å². The molecule has 21 heavy (non-hydrogen) atoms. The summed E-state index contributed by atoms with van der Waals surface area (Å²) in [6, 6.07) is 6.12. The fourth-order valence-corrected chi connectivity index (χ4v) is 3.89. The summed E-state index contributed by atoms with van der Waals surface area (Å²) in [5.41, 5.74) is 11.5. The minimum atomic E-state index is 0.630. The zero-order valence-corrected chi connectivity index (χ0v) is 16.6. The van der Waals surface area contributed by atoms with E-state index in [0.717, 1.165) is 31.2 Å². The maximum Gasteiger partial charge on any atom is 0.130 e. The first-order chi connectivity index (χ1) is 9.88. The van der Waals surface area contributed by atoms with Crippen LogP contribution in [0.3, 0.4) is 0 Å². The van der Waals surface area contributed by atoms with Gasteiger partial charge in [0.2, 0.25) is 0 Å². The van der Waals surface area contributed by atoms with E-state index >= 15 is 0 Å². The number of nitrogen functional groups attached to an aromatic ring is 1. The van der Waals surface area contributed by atoms with Crippen LogP contribution in [0.25, 0.3) is 16.7 Å². The Kier molecular flexibility index (Phi) is 4.00. The molecular formula is C14H11Br2IN4. The van der Waals surface area contributed by atoms with E-state index in [1.165, 1.54) is 9.13 Å². The van der Waals surface area contributed by atoms with Crippen molar-refractivity contribution < 1.29 is 0 Å². The molecule has 0 spiro atoms. The molecule has 7 heteroatoms. The number of aryl methyl sites for hydroxylation is 2. The summed E-state index contributed by atoms with van der Waals surface area (Å²) in [5, 5.41) is 9.14. The van der Waals surface area contributed by atoms with Crippen molar-refractivity contribution in [3.63, 3.8) is 0 Å². The van der Waals surface area contributed by atoms with Gasteiger partial charge in [-0.3, -0.25) is 0 Å². The summed E-state index contributed by atoms with van der Waals surface area (Å²) in [6.45, 7) is 4.14. The van der Waals surface area contributed by atoms with Gasteiger partial charge in [-0.15, -0.1) is 10.2 Å². The minimum absolute atomic E-state index is 0.630. The van der Waals surface area contributed by atoms with Crippen molar-refractivity contribution in [2.75, 3.05) is 5.73 Å². The largest absolute Gasteiger partial charge is 0.397 e. The Morgan fingerprint density at radius 1 is 1.10 bits per heavy atom. The van der Waals surface area contributed by atoms with Crippen molar-refractivity contribution in [3.05, 3.63) is 41.8 Å². The van der Waals surface area contributed by atoms with E-state index in [1.54, 1.807) is 4.80 Å². The highest BCUT2D eigenvalue weighted by Crippen LogP contribution is 2.34. The number of anilines is 1. The highest BCUT2D eigenvalue weighted by atomic mass is 127. The summed E-state index contributed by atoms with van der Waals surface area (Å²) in [5.74, 6) is 0. The fraction of sp³-hybridized carbons (Fsp3) is 0.143. The van der Waals surface area contributed by atoms with Crippen molar-refractivity contribution in [1.82, 2.24) is 15.0 Å². The Balaban J connectivity index is 2.27. The van der Waals surface area contributed by atoms with Gasteiger partial charge in [0, 0.05) is 8.04 Å². The van der Waals surface area contributed by atoms with Crippen LogP contribution < -0.4 is 5.73 Å². The molecule has 0 saturated heterocycles. The van der Waals surface area contributed by atoms with Crippen LogP contribution in [0.15, 0.2) is 27.1 Å². The molecule has 0 fully saturated rings. The van der Waals surface area contributed by atoms with Crippen LogP contribution in [0.2, 0.25) is 0 Å². The zero-order valence-electron chi connectivity index (χ0n) is 11.3. The summed E-state index contributed by atoms with van der Waals surface area (Å²) < 4.78 is 2.81. The first-order valence-electron chi connectivity index (χ1n) is 6.16. The molecule has 0 bridgehead atoms. The van der Waals surface area contributed by atoms with E-state index in [-0.39, 0.29) is 0 Å². The standard InChI is InChI=1S/C14H11Br2IN4/c1-6-4-11(7(2)3-9(6)17)21-19-10-5-8(15)13(18)12(16)14(10)20-21/h3-5H,18H2,1-2H3. The predicted molar refractivity (Wildman–Crippen MR) is 101 cm³/mol. The highest BCUT2D eigenvalue weighted by Gasteiger charge is 2.14. The van der Waals surface area contributed by atoms with E-state index in [9.17, 15) is 0 Å². The van der Waals surface area contributed by atoms with Crippen LogP contribution in [0.4, 0.5) is 5.69 Å². The molecule has 3 aromatic rings. The average Bonchev–Trinajstić information content (AvgIpc) is 2.84. The van der Waals surface area contributed by atoms with E-state index in [4.69, 9.17) is 5.73 Å². The molecule has 3 rings (SSSR count). The molecule has 0 saturated carbocycles. The number of rotatable bonds is 1. The number of hydrogen-bond donors (Lipinski definition) is 1. The quantitative estimate of drug-likeness (QED) is 0.371. The van der Waals surface area contributed by atoms with Crippen molar-refractivity contribution >= 4 is 71.2 Å². The Morgan fingerprint density at radius 3 is 2.52 bits per heavy atom. The van der Waals surface area contributed by atoms with Gasteiger partial charge < -0.3 is 5.73 Å². The number of halogens is 3. The lowest BCUT2D eigenvalue weighted by Crippen LogP contribution is -2.02. The van der Waals surface area contributed by atoms with Crippen LogP contribution in [0.1, 0.15) is 11.1 Å². The number of fused-ring (bicyclic) bond motifs is 1. The molecule has 4 nitrogen and oxygen atoms in total. The second-order valence-electron chi connectivity index (χ2n) is 4.83. The van der Waals surface area contributed by atoms with Gasteiger partial charge in [-0.2, -0.15) is 4.80 Å². The monoisotopic (exact) mass is 520 g/mol. The van der Waals surface area contributed by atoms with Gasteiger partial charge in [-0.05, 0) is 97.6 Å². The number of nitrogens with two attached hydrogens (primary N) is 1. The van der Waals surface area contributed by atoms with E-state index in [1.807, 2.05) is 6.07 Å². The Morgan fingerprint density at radius 2 is 1.81 bits per heavy atom. The zero-order chi connectivity index (χ0) is 15.3. The second-order valence-corrected chi connectivity index (χ2v) is 7.64. The molecular weight excluding hydrogens is 511 g/mol. The Labute approximate surface area is 152 Å². The van der Waals surface area contributed by atoms with Crippen LogP contribution in [-0.4, -0.2) is 15.0 Å². The van der Waals surface area contributed by atoms with E-state index in [0.29, 0.717) is 5.69 Å². The maximum absolute atomic E-state index is 6.00. The summed E-state index contributed by atoms with van der Waals surface area (Å²) >= 11 is 9.26. The lowest BCUT2D eigenvalue weighted by atomic mass is 10.1. The first kappa shape index (κ1) is 15.2. The van der Waals surface area contributed by atoms with Gasteiger partial charge in [-0.25, -0.2) is 0 Å². The predicted octanol–water partition coefficient (Wildman–Crippen LogP) is 4.75. The van der Waals surface area contributed by atoms with Gasteiger partial charge >= 0.3 is 0 Å². The molecule has 0 aliphatic rings. The molecule has 0 aliphatic heterocycles. The molecule has 108 valence electrons. The minimum Gasteiger partial charge on any atom is -0.397 e. The van der Waals surface area contributed by atoms with Gasteiger partial charge in [-0.1, -0.05) is 0 Å². The third-order valence-electron chi connectivity index (χ3n) is 3.30. The molecule has 2 aromatic carbocycles. The number of aromatic nitrogens is 3. The first-order valence-corrected chi connectivity index (χ1v) is 8.82. The molecule has 0 atom stereocenters. The van der Waals surface area contributed by atoms with Gasteiger partial charge in [0.05, 0.1) is 15.8 Å². The van der Waals surface area contributed by atoms with Gasteiger partial charge in [0.25, 0.3) is 0 Å². The summed E-state index contributed by atoms with van der Waals surface area (Å²) in [7, 11) is 0. The Bertz CT molecular complexity index is 873. The molecule has 2 N–H and O–H groups in total. The SMILES string of the molecule is Cc1cc(-n2nc3cc(Br)c(N)c(Br)c3n2)c(C)cc1I. The lowest BCUT2D eigenvalue weighted by Gasteiger charge is -2.07. The number of hydrogen-bond acceptors (Lipinski definition) is 3. The Hall–Kier alpha value is -0.670. The maximum atomic E-state index is 6.00. The molecule has 1 aromatic heterocycles. The molecule has 0 radical (unpaired) electrons. The molecule has 1 heterocycles. The van der Waals surface area contributed by atoms with Crippen LogP contribution in [0.5, 0.6) is 0 Å². The van der Waals surface area contributed by atoms with Gasteiger partial charge in [0.1, 0.15) is 11.0 Å². The second kappa shape index (κ2) is 5.51. The van der Waals surface area contributed by atoms with Crippen LogP contribution in [-0.2, 0) is 0 Å². The lowest BCUT2D eigenvalue weighted by molar-refractivity contribution is 0.759. The number of benzene rings is 2. The number of nitrogens with zero attached hydrogens (tertiary/aromatic N) is 3. The van der Waals surface area contributed by atoms with Crippen molar-refractivity contribution in [2.24, 2.45) is 0 Å². The van der Waals surface area contributed by atoms with E-state index in [2.05, 4.69) is 90.6 Å². The van der Waals surface area contributed by atoms with E-state index < -0.39 is 0 Å². The highest BCUT2D eigenvalue weighted by molar-refractivity contribution is 14.1. The van der Waals surface area contributed by atoms with Gasteiger partial charge in [0.15, 0.2) is 0 Å². The average molecular weight is 522 g/mol. The summed E-state index contributed by atoms with van der Waals surface area (Å²) in [6.07, 6.45) is 0. The normalized spacial score (nSPS) is 11.3. The molecule has 0 aliphatic carbocycles. The third kappa shape index (κ3) is 2.59. The van der Waals surface area contributed by atoms with Crippen molar-refractivity contribution in [1.29, 1.82) is 0 Å². The van der Waals surface area contributed by atoms with Crippen LogP contribution >= 0.6 is 54.5 Å². The third-order valence-corrected chi connectivity index (χ3v) is 5.92. The van der Waals surface area contributed by atoms with Crippen molar-refractivity contribution in [3.8, 4) is 5.69 Å². The summed E-state index contributed by atoms with van der Waals surface area (Å²) in [4.78, 5) is 1.67.